The first-order valence-corrected chi connectivity index (χ1v) is 10.6. The zero-order valence-corrected chi connectivity index (χ0v) is 15.4. The molecule has 0 unspecified atom stereocenters. The summed E-state index contributed by atoms with van der Waals surface area (Å²) < 4.78 is 37.1. The van der Waals surface area contributed by atoms with Crippen LogP contribution in [-0.2, 0) is 19.6 Å². The average molecular weight is 377 g/mol. The van der Waals surface area contributed by atoms with Crippen LogP contribution in [0.5, 0.6) is 5.75 Å². The molecule has 3 fully saturated rings. The van der Waals surface area contributed by atoms with Crippen LogP contribution in [0.3, 0.4) is 0 Å². The number of allylic oxidation sites excluding steroid dienone is 1. The molecule has 0 aromatic heterocycles. The zero-order chi connectivity index (χ0) is 18.1. The fourth-order valence-corrected chi connectivity index (χ4v) is 4.71. The van der Waals surface area contributed by atoms with Gasteiger partial charge in [-0.05, 0) is 61.8 Å². The Bertz CT molecular complexity index is 787. The molecule has 2 saturated carbocycles. The van der Waals surface area contributed by atoms with E-state index in [1.807, 2.05) is 0 Å². The fraction of sp³-hybridized carbons (Fsp3) is 0.526. The van der Waals surface area contributed by atoms with Crippen LogP contribution in [0.15, 0.2) is 40.8 Å². The van der Waals surface area contributed by atoms with Gasteiger partial charge < -0.3 is 9.47 Å². The molecule has 0 N–H and O–H groups in total. The molecule has 1 aromatic rings. The largest absolute Gasteiger partial charge is 0.423 e. The lowest BCUT2D eigenvalue weighted by atomic mass is 10.1. The van der Waals surface area contributed by atoms with Crippen LogP contribution in [0, 0.1) is 11.8 Å². The molecule has 26 heavy (non-hydrogen) atoms. The Morgan fingerprint density at radius 1 is 1.04 bits per heavy atom. The van der Waals surface area contributed by atoms with Gasteiger partial charge in [0.25, 0.3) is 0 Å². The number of hydrogen-bond donors (Lipinski definition) is 0. The Kier molecular flexibility index (Phi) is 4.86. The normalized spacial score (nSPS) is 21.2. The van der Waals surface area contributed by atoms with Gasteiger partial charge in [0.15, 0.2) is 0 Å². The van der Waals surface area contributed by atoms with Crippen LogP contribution in [0.25, 0.3) is 0 Å². The van der Waals surface area contributed by atoms with Gasteiger partial charge in [-0.3, -0.25) is 0 Å². The number of sulfonamides is 1. The van der Waals surface area contributed by atoms with E-state index in [9.17, 15) is 13.2 Å². The van der Waals surface area contributed by atoms with Crippen molar-refractivity contribution in [2.75, 3.05) is 26.3 Å². The van der Waals surface area contributed by atoms with Crippen LogP contribution in [-0.4, -0.2) is 45.0 Å². The lowest BCUT2D eigenvalue weighted by Crippen LogP contribution is -2.40. The minimum Gasteiger partial charge on any atom is -0.423 e. The lowest BCUT2D eigenvalue weighted by molar-refractivity contribution is -0.129. The van der Waals surface area contributed by atoms with Crippen molar-refractivity contribution in [1.82, 2.24) is 4.31 Å². The number of carbonyl (C=O) groups is 1. The zero-order valence-electron chi connectivity index (χ0n) is 14.6. The quantitative estimate of drug-likeness (QED) is 0.432. The van der Waals surface area contributed by atoms with E-state index in [1.165, 1.54) is 59.8 Å². The summed E-state index contributed by atoms with van der Waals surface area (Å²) in [6.45, 7) is 1.53. The highest BCUT2D eigenvalue weighted by atomic mass is 32.2. The molecule has 1 heterocycles. The number of carbonyl (C=O) groups excluding carboxylic acids is 1. The van der Waals surface area contributed by atoms with E-state index in [0.717, 1.165) is 0 Å². The van der Waals surface area contributed by atoms with E-state index in [-0.39, 0.29) is 10.9 Å². The Morgan fingerprint density at radius 3 is 2.15 bits per heavy atom. The molecule has 7 heteroatoms. The van der Waals surface area contributed by atoms with Gasteiger partial charge in [-0.25, -0.2) is 13.2 Å². The molecule has 2 aliphatic carbocycles. The molecule has 1 aliphatic heterocycles. The van der Waals surface area contributed by atoms with Gasteiger partial charge in [0.2, 0.25) is 10.0 Å². The van der Waals surface area contributed by atoms with Gasteiger partial charge in [0.1, 0.15) is 5.75 Å². The Hall–Kier alpha value is -1.70. The Morgan fingerprint density at radius 2 is 1.62 bits per heavy atom. The second-order valence-corrected chi connectivity index (χ2v) is 9.04. The van der Waals surface area contributed by atoms with Gasteiger partial charge >= 0.3 is 5.97 Å². The smallest absolute Gasteiger partial charge is 0.336 e. The summed E-state index contributed by atoms with van der Waals surface area (Å²) in [4.78, 5) is 12.4. The third-order valence-corrected chi connectivity index (χ3v) is 6.94. The van der Waals surface area contributed by atoms with Crippen molar-refractivity contribution >= 4 is 16.0 Å². The molecule has 1 aromatic carbocycles. The number of benzene rings is 1. The summed E-state index contributed by atoms with van der Waals surface area (Å²) >= 11 is 0. The number of esters is 1. The fourth-order valence-electron chi connectivity index (χ4n) is 3.30. The van der Waals surface area contributed by atoms with Crippen LogP contribution < -0.4 is 4.74 Å². The first-order chi connectivity index (χ1) is 12.5. The maximum Gasteiger partial charge on any atom is 0.336 e. The van der Waals surface area contributed by atoms with Crippen LogP contribution in [0.1, 0.15) is 25.7 Å². The monoisotopic (exact) mass is 377 g/mol. The third kappa shape index (κ3) is 4.00. The predicted octanol–water partition coefficient (Wildman–Crippen LogP) is 2.36. The van der Waals surface area contributed by atoms with Gasteiger partial charge in [-0.1, -0.05) is 5.57 Å². The molecule has 0 radical (unpaired) electrons. The van der Waals surface area contributed by atoms with Gasteiger partial charge in [0.05, 0.1) is 18.1 Å². The van der Waals surface area contributed by atoms with E-state index >= 15 is 0 Å². The maximum atomic E-state index is 12.6. The van der Waals surface area contributed by atoms with Crippen molar-refractivity contribution in [3.8, 4) is 5.75 Å². The second kappa shape index (κ2) is 7.13. The van der Waals surface area contributed by atoms with Crippen LogP contribution in [0.2, 0.25) is 0 Å². The molecule has 1 saturated heterocycles. The van der Waals surface area contributed by atoms with Crippen molar-refractivity contribution < 1.29 is 22.7 Å². The molecule has 4 rings (SSSR count). The summed E-state index contributed by atoms with van der Waals surface area (Å²) in [6.07, 6.45) is 6.33. The Labute approximate surface area is 153 Å². The van der Waals surface area contributed by atoms with Crippen LogP contribution in [0.4, 0.5) is 0 Å². The van der Waals surface area contributed by atoms with E-state index in [4.69, 9.17) is 9.47 Å². The lowest BCUT2D eigenvalue weighted by Gasteiger charge is -2.26. The molecule has 6 nitrogen and oxygen atoms in total. The average Bonchev–Trinajstić information content (AvgIpc) is 3.55. The van der Waals surface area contributed by atoms with Crippen molar-refractivity contribution in [2.45, 2.75) is 30.6 Å². The van der Waals surface area contributed by atoms with Crippen molar-refractivity contribution in [3.05, 3.63) is 35.9 Å². The summed E-state index contributed by atoms with van der Waals surface area (Å²) in [5.74, 6) is 1.12. The van der Waals surface area contributed by atoms with Crippen molar-refractivity contribution in [1.29, 1.82) is 0 Å². The Balaban J connectivity index is 1.42. The maximum absolute atomic E-state index is 12.6. The minimum absolute atomic E-state index is 0.200. The van der Waals surface area contributed by atoms with E-state index < -0.39 is 10.0 Å². The number of rotatable bonds is 6. The molecule has 0 atom stereocenters. The summed E-state index contributed by atoms with van der Waals surface area (Å²) in [5.41, 5.74) is 1.24. The second-order valence-electron chi connectivity index (χ2n) is 7.10. The van der Waals surface area contributed by atoms with E-state index in [1.54, 1.807) is 6.08 Å². The van der Waals surface area contributed by atoms with Crippen molar-refractivity contribution in [3.63, 3.8) is 0 Å². The highest BCUT2D eigenvalue weighted by Gasteiger charge is 2.36. The molecule has 0 spiro atoms. The van der Waals surface area contributed by atoms with Crippen LogP contribution >= 0.6 is 0 Å². The molecule has 0 amide bonds. The van der Waals surface area contributed by atoms with E-state index in [0.29, 0.717) is 43.9 Å². The molecule has 140 valence electrons. The van der Waals surface area contributed by atoms with Gasteiger partial charge in [-0.2, -0.15) is 4.31 Å². The van der Waals surface area contributed by atoms with Crippen molar-refractivity contribution in [2.24, 2.45) is 11.8 Å². The molecular weight excluding hydrogens is 354 g/mol. The van der Waals surface area contributed by atoms with E-state index in [2.05, 4.69) is 0 Å². The van der Waals surface area contributed by atoms with Gasteiger partial charge in [-0.15, -0.1) is 0 Å². The highest BCUT2D eigenvalue weighted by molar-refractivity contribution is 7.89. The predicted molar refractivity (Wildman–Crippen MR) is 95.2 cm³/mol. The molecule has 3 aliphatic rings. The third-order valence-electron chi connectivity index (χ3n) is 5.03. The molecular formula is C19H23NO5S. The topological polar surface area (TPSA) is 72.9 Å². The number of nitrogens with zero attached hydrogens (tertiary/aromatic N) is 1. The SMILES string of the molecule is O=C(C=C(C1CC1)C1CC1)Oc1ccc(S(=O)(=O)N2CCOCC2)cc1. The standard InChI is InChI=1S/C19H23NO5S/c21-19(13-18(14-1-2-14)15-3-4-15)25-16-5-7-17(8-6-16)26(22,23)20-9-11-24-12-10-20/h5-8,13-15H,1-4,9-12H2. The summed E-state index contributed by atoms with van der Waals surface area (Å²) in [7, 11) is -3.53. The number of ether oxygens (including phenoxy) is 2. The number of morpholine rings is 1. The highest BCUT2D eigenvalue weighted by Crippen LogP contribution is 2.48. The molecule has 0 bridgehead atoms. The summed E-state index contributed by atoms with van der Waals surface area (Å²) in [6, 6.07) is 6.04. The first-order valence-electron chi connectivity index (χ1n) is 9.15. The minimum atomic E-state index is -3.53. The summed E-state index contributed by atoms with van der Waals surface area (Å²) in [5, 5.41) is 0. The van der Waals surface area contributed by atoms with Gasteiger partial charge in [0, 0.05) is 19.2 Å². The first kappa shape index (κ1) is 17.7. The number of hydrogen-bond acceptors (Lipinski definition) is 5.